The van der Waals surface area contributed by atoms with Crippen LogP contribution in [0.2, 0.25) is 0 Å². The van der Waals surface area contributed by atoms with Crippen molar-refractivity contribution >= 4 is 17.6 Å². The van der Waals surface area contributed by atoms with Crippen LogP contribution >= 0.6 is 0 Å². The third kappa shape index (κ3) is 4.54. The van der Waals surface area contributed by atoms with Crippen LogP contribution < -0.4 is 10.1 Å². The molecule has 0 unspecified atom stereocenters. The van der Waals surface area contributed by atoms with Crippen LogP contribution in [0.4, 0.5) is 5.82 Å². The van der Waals surface area contributed by atoms with E-state index in [0.29, 0.717) is 31.9 Å². The molecular formula is C24H31N5O3. The highest BCUT2D eigenvalue weighted by molar-refractivity contribution is 5.79. The summed E-state index contributed by atoms with van der Waals surface area (Å²) in [4.78, 5) is 38.7. The van der Waals surface area contributed by atoms with E-state index in [1.807, 2.05) is 41.1 Å². The topological polar surface area (TPSA) is 87.7 Å². The molecule has 2 amide bonds. The van der Waals surface area contributed by atoms with Gasteiger partial charge in [0.1, 0.15) is 11.6 Å². The van der Waals surface area contributed by atoms with E-state index in [0.717, 1.165) is 54.1 Å². The fourth-order valence-electron chi connectivity index (χ4n) is 4.63. The van der Waals surface area contributed by atoms with E-state index in [-0.39, 0.29) is 17.9 Å². The zero-order chi connectivity index (χ0) is 22.7. The normalized spacial score (nSPS) is 18.2. The maximum Gasteiger partial charge on any atom is 0.227 e. The SMILES string of the molecule is CNc1nc([C@@H]2CCCCN2C(=O)Cc2cccc(OC)c2)nc2c1CCN(C(C)=O)C2. The highest BCUT2D eigenvalue weighted by Gasteiger charge is 2.32. The first-order valence-corrected chi connectivity index (χ1v) is 11.3. The number of hydrogen-bond acceptors (Lipinski definition) is 6. The fourth-order valence-corrected chi connectivity index (χ4v) is 4.63. The fraction of sp³-hybridized carbons (Fsp3) is 0.500. The second kappa shape index (κ2) is 9.54. The van der Waals surface area contributed by atoms with E-state index in [2.05, 4.69) is 5.32 Å². The van der Waals surface area contributed by atoms with Gasteiger partial charge in [-0.05, 0) is 43.4 Å². The Balaban J connectivity index is 1.61. The van der Waals surface area contributed by atoms with Gasteiger partial charge in [-0.2, -0.15) is 0 Å². The van der Waals surface area contributed by atoms with E-state index in [1.54, 1.807) is 14.0 Å². The lowest BCUT2D eigenvalue weighted by Crippen LogP contribution is -2.41. The third-order valence-corrected chi connectivity index (χ3v) is 6.38. The number of fused-ring (bicyclic) bond motifs is 1. The van der Waals surface area contributed by atoms with Crippen LogP contribution in [0, 0.1) is 0 Å². The predicted octanol–water partition coefficient (Wildman–Crippen LogP) is 2.73. The average molecular weight is 438 g/mol. The molecule has 8 heteroatoms. The van der Waals surface area contributed by atoms with Crippen LogP contribution in [0.3, 0.4) is 0 Å². The number of nitrogens with one attached hydrogen (secondary N) is 1. The first-order valence-electron chi connectivity index (χ1n) is 11.3. The molecule has 1 atom stereocenters. The minimum atomic E-state index is -0.160. The Morgan fingerprint density at radius 1 is 1.22 bits per heavy atom. The number of piperidine rings is 1. The molecule has 0 spiro atoms. The number of carbonyl (C=O) groups excluding carboxylic acids is 2. The van der Waals surface area contributed by atoms with Gasteiger partial charge in [0.15, 0.2) is 5.82 Å². The van der Waals surface area contributed by atoms with Crippen molar-refractivity contribution in [1.82, 2.24) is 19.8 Å². The molecule has 2 aliphatic heterocycles. The average Bonchev–Trinajstić information content (AvgIpc) is 2.82. The Morgan fingerprint density at radius 2 is 2.06 bits per heavy atom. The Bertz CT molecular complexity index is 1010. The zero-order valence-corrected chi connectivity index (χ0v) is 19.1. The number of nitrogens with zero attached hydrogens (tertiary/aromatic N) is 4. The number of rotatable bonds is 5. The lowest BCUT2D eigenvalue weighted by Gasteiger charge is -2.36. The van der Waals surface area contributed by atoms with Crippen molar-refractivity contribution in [2.45, 2.75) is 51.6 Å². The first kappa shape index (κ1) is 22.0. The Labute approximate surface area is 189 Å². The smallest absolute Gasteiger partial charge is 0.227 e. The van der Waals surface area contributed by atoms with Gasteiger partial charge < -0.3 is 19.9 Å². The van der Waals surface area contributed by atoms with E-state index < -0.39 is 0 Å². The molecule has 0 saturated carbocycles. The zero-order valence-electron chi connectivity index (χ0n) is 19.1. The lowest BCUT2D eigenvalue weighted by atomic mass is 9.98. The maximum absolute atomic E-state index is 13.3. The predicted molar refractivity (Wildman–Crippen MR) is 121 cm³/mol. The van der Waals surface area contributed by atoms with Crippen LogP contribution in [-0.2, 0) is 29.0 Å². The number of methoxy groups -OCH3 is 1. The number of carbonyl (C=O) groups is 2. The number of amides is 2. The molecule has 1 saturated heterocycles. The van der Waals surface area contributed by atoms with Gasteiger partial charge in [-0.25, -0.2) is 9.97 Å². The van der Waals surface area contributed by atoms with Crippen molar-refractivity contribution in [2.75, 3.05) is 32.6 Å². The largest absolute Gasteiger partial charge is 0.497 e. The Morgan fingerprint density at radius 3 is 2.81 bits per heavy atom. The molecule has 0 bridgehead atoms. The first-order chi connectivity index (χ1) is 15.5. The quantitative estimate of drug-likeness (QED) is 0.774. The Kier molecular flexibility index (Phi) is 6.58. The monoisotopic (exact) mass is 437 g/mol. The minimum absolute atomic E-state index is 0.0505. The van der Waals surface area contributed by atoms with Gasteiger partial charge >= 0.3 is 0 Å². The summed E-state index contributed by atoms with van der Waals surface area (Å²) in [6.45, 7) is 3.45. The van der Waals surface area contributed by atoms with Gasteiger partial charge in [0.05, 0.1) is 31.8 Å². The minimum Gasteiger partial charge on any atom is -0.497 e. The molecule has 170 valence electrons. The molecule has 2 aromatic rings. The van der Waals surface area contributed by atoms with Crippen molar-refractivity contribution in [3.8, 4) is 5.75 Å². The maximum atomic E-state index is 13.3. The van der Waals surface area contributed by atoms with Gasteiger partial charge in [-0.1, -0.05) is 12.1 Å². The molecular weight excluding hydrogens is 406 g/mol. The summed E-state index contributed by atoms with van der Waals surface area (Å²) < 4.78 is 5.30. The molecule has 1 fully saturated rings. The third-order valence-electron chi connectivity index (χ3n) is 6.38. The van der Waals surface area contributed by atoms with E-state index in [4.69, 9.17) is 14.7 Å². The van der Waals surface area contributed by atoms with Crippen LogP contribution in [0.5, 0.6) is 5.75 Å². The highest BCUT2D eigenvalue weighted by Crippen LogP contribution is 2.33. The van der Waals surface area contributed by atoms with Crippen LogP contribution in [0.25, 0.3) is 0 Å². The van der Waals surface area contributed by atoms with Gasteiger partial charge in [-0.3, -0.25) is 9.59 Å². The van der Waals surface area contributed by atoms with Gasteiger partial charge in [0.25, 0.3) is 0 Å². The summed E-state index contributed by atoms with van der Waals surface area (Å²) in [5.41, 5.74) is 2.88. The second-order valence-corrected chi connectivity index (χ2v) is 8.42. The summed E-state index contributed by atoms with van der Waals surface area (Å²) >= 11 is 0. The van der Waals surface area contributed by atoms with Crippen LogP contribution in [-0.4, -0.2) is 58.8 Å². The summed E-state index contributed by atoms with van der Waals surface area (Å²) in [6.07, 6.45) is 3.89. The van der Waals surface area contributed by atoms with Gasteiger partial charge in [0, 0.05) is 32.6 Å². The summed E-state index contributed by atoms with van der Waals surface area (Å²) in [5, 5.41) is 3.20. The standard InChI is InChI=1S/C24H31N5O3/c1-16(30)28-12-10-19-20(15-28)26-24(27-23(19)25-2)21-9-4-5-11-29(21)22(31)14-17-7-6-8-18(13-17)32-3/h6-8,13,21H,4-5,9-12,14-15H2,1-3H3,(H,25,26,27)/t21-/m0/s1. The number of aromatic nitrogens is 2. The molecule has 3 heterocycles. The number of hydrogen-bond donors (Lipinski definition) is 1. The summed E-state index contributed by atoms with van der Waals surface area (Å²) in [6, 6.07) is 7.47. The molecule has 32 heavy (non-hydrogen) atoms. The summed E-state index contributed by atoms with van der Waals surface area (Å²) in [7, 11) is 3.48. The molecule has 1 aromatic carbocycles. The Hall–Kier alpha value is -3.16. The molecule has 8 nitrogen and oxygen atoms in total. The van der Waals surface area contributed by atoms with Crippen molar-refractivity contribution in [2.24, 2.45) is 0 Å². The number of anilines is 1. The molecule has 4 rings (SSSR count). The number of benzene rings is 1. The molecule has 2 aliphatic rings. The van der Waals surface area contributed by atoms with Crippen molar-refractivity contribution in [1.29, 1.82) is 0 Å². The molecule has 1 N–H and O–H groups in total. The van der Waals surface area contributed by atoms with Crippen LogP contribution in [0.15, 0.2) is 24.3 Å². The lowest BCUT2D eigenvalue weighted by molar-refractivity contribution is -0.134. The molecule has 0 radical (unpaired) electrons. The number of likely N-dealkylation sites (tertiary alicyclic amines) is 1. The number of ether oxygens (including phenoxy) is 1. The van der Waals surface area contributed by atoms with Gasteiger partial charge in [-0.15, -0.1) is 0 Å². The van der Waals surface area contributed by atoms with E-state index in [1.165, 1.54) is 0 Å². The van der Waals surface area contributed by atoms with E-state index in [9.17, 15) is 9.59 Å². The van der Waals surface area contributed by atoms with E-state index >= 15 is 0 Å². The second-order valence-electron chi connectivity index (χ2n) is 8.42. The summed E-state index contributed by atoms with van der Waals surface area (Å²) in [5.74, 6) is 2.34. The van der Waals surface area contributed by atoms with Crippen molar-refractivity contribution < 1.29 is 14.3 Å². The van der Waals surface area contributed by atoms with Crippen molar-refractivity contribution in [3.05, 3.63) is 46.9 Å². The van der Waals surface area contributed by atoms with Crippen LogP contribution in [0.1, 0.15) is 54.9 Å². The highest BCUT2D eigenvalue weighted by atomic mass is 16.5. The molecule has 1 aromatic heterocycles. The van der Waals surface area contributed by atoms with Crippen molar-refractivity contribution in [3.63, 3.8) is 0 Å². The molecule has 0 aliphatic carbocycles. The van der Waals surface area contributed by atoms with Gasteiger partial charge in [0.2, 0.25) is 11.8 Å².